The number of esters is 1. The second-order valence-corrected chi connectivity index (χ2v) is 17.3. The van der Waals surface area contributed by atoms with Crippen LogP contribution in [-0.2, 0) is 23.8 Å². The van der Waals surface area contributed by atoms with Crippen LogP contribution < -0.4 is 0 Å². The second kappa shape index (κ2) is 11.5. The Morgan fingerprint density at radius 1 is 0.915 bits per heavy atom. The zero-order chi connectivity index (χ0) is 34.5. The molecular weight excluding hydrogens is 608 g/mol. The van der Waals surface area contributed by atoms with Crippen molar-refractivity contribution in [3.8, 4) is 0 Å². The molecule has 11 heteroatoms. The number of allylic oxidation sites excluding steroid dienone is 2. The standard InChI is InChI=1S/C36H56O11/c1-31(30(44)45-6)11-13-36(29(42)43)14-12-34(4)19(20(36)15-31)7-8-24-32(2)16-21(38)27(47-28-26(41)25(40)22(39)17-46-28)33(3,18-37)23(32)9-10-35(24,34)5/h7,20-28,37-41H,8-18H2,1-6H3,(H,42,43)/t20-,21-,22+,23+,24+,25-,26+,27-,28-,31-,32-,33-,34+,35+,36-/m0/s1. The van der Waals surface area contributed by atoms with Gasteiger partial charge in [0.2, 0.25) is 0 Å². The van der Waals surface area contributed by atoms with Crippen LogP contribution in [0.5, 0.6) is 0 Å². The van der Waals surface area contributed by atoms with E-state index in [9.17, 15) is 40.2 Å². The van der Waals surface area contributed by atoms with Crippen LogP contribution >= 0.6 is 0 Å². The summed E-state index contributed by atoms with van der Waals surface area (Å²) >= 11 is 0. The van der Waals surface area contributed by atoms with Gasteiger partial charge in [-0.05, 0) is 98.7 Å². The molecule has 0 aromatic carbocycles. The van der Waals surface area contributed by atoms with Crippen molar-refractivity contribution < 1.29 is 54.4 Å². The predicted octanol–water partition coefficient (Wildman–Crippen LogP) is 2.79. The van der Waals surface area contributed by atoms with Crippen LogP contribution in [0.4, 0.5) is 0 Å². The van der Waals surface area contributed by atoms with Crippen molar-refractivity contribution in [1.29, 1.82) is 0 Å². The van der Waals surface area contributed by atoms with Crippen molar-refractivity contribution in [2.24, 2.45) is 50.2 Å². The molecule has 11 nitrogen and oxygen atoms in total. The normalized spacial score (nSPS) is 54.2. The topological polar surface area (TPSA) is 183 Å². The highest BCUT2D eigenvalue weighted by atomic mass is 16.7. The van der Waals surface area contributed by atoms with Crippen molar-refractivity contribution in [1.82, 2.24) is 0 Å². The molecule has 0 spiro atoms. The van der Waals surface area contributed by atoms with Crippen LogP contribution in [0.1, 0.15) is 92.4 Å². The first kappa shape index (κ1) is 35.2. The molecule has 4 saturated carbocycles. The number of carboxylic acid groups (broad SMARTS) is 1. The second-order valence-electron chi connectivity index (χ2n) is 17.3. The van der Waals surface area contributed by atoms with Crippen LogP contribution in [0.2, 0.25) is 0 Å². The number of carbonyl (C=O) groups excluding carboxylic acids is 1. The van der Waals surface area contributed by atoms with Crippen molar-refractivity contribution in [2.45, 2.75) is 129 Å². The number of ether oxygens (including phenoxy) is 3. The molecule has 1 heterocycles. The third kappa shape index (κ3) is 4.69. The number of hydrogen-bond acceptors (Lipinski definition) is 10. The number of rotatable bonds is 5. The molecule has 5 fully saturated rings. The predicted molar refractivity (Wildman–Crippen MR) is 168 cm³/mol. The number of aliphatic carboxylic acids is 1. The number of carbonyl (C=O) groups is 2. The number of methoxy groups -OCH3 is 1. The Hall–Kier alpha value is -1.60. The first-order valence-corrected chi connectivity index (χ1v) is 17.5. The highest BCUT2D eigenvalue weighted by Gasteiger charge is 2.71. The van der Waals surface area contributed by atoms with E-state index in [0.29, 0.717) is 38.5 Å². The largest absolute Gasteiger partial charge is 0.481 e. The Labute approximate surface area is 277 Å². The minimum atomic E-state index is -1.51. The average Bonchev–Trinajstić information content (AvgIpc) is 3.02. The summed E-state index contributed by atoms with van der Waals surface area (Å²) in [4.78, 5) is 26.1. The third-order valence-electron chi connectivity index (χ3n) is 15.3. The number of carboxylic acids is 1. The first-order chi connectivity index (χ1) is 21.9. The quantitative estimate of drug-likeness (QED) is 0.144. The Morgan fingerprint density at radius 3 is 2.23 bits per heavy atom. The van der Waals surface area contributed by atoms with Crippen molar-refractivity contribution >= 4 is 11.9 Å². The van der Waals surface area contributed by atoms with Crippen molar-refractivity contribution in [3.63, 3.8) is 0 Å². The van der Waals surface area contributed by atoms with E-state index in [1.807, 2.05) is 13.8 Å². The molecule has 15 atom stereocenters. The minimum Gasteiger partial charge on any atom is -0.481 e. The van der Waals surface area contributed by atoms with Gasteiger partial charge >= 0.3 is 11.9 Å². The molecule has 0 aromatic heterocycles. The molecule has 6 rings (SSSR count). The summed E-state index contributed by atoms with van der Waals surface area (Å²) < 4.78 is 17.0. The summed E-state index contributed by atoms with van der Waals surface area (Å²) in [6.07, 6.45) is 0.204. The first-order valence-electron chi connectivity index (χ1n) is 17.5. The molecule has 47 heavy (non-hydrogen) atoms. The van der Waals surface area contributed by atoms with Gasteiger partial charge < -0.3 is 44.8 Å². The monoisotopic (exact) mass is 664 g/mol. The Kier molecular flexibility index (Phi) is 8.60. The zero-order valence-electron chi connectivity index (χ0n) is 28.8. The van der Waals surface area contributed by atoms with E-state index in [1.165, 1.54) is 7.11 Å². The van der Waals surface area contributed by atoms with Gasteiger partial charge in [-0.2, -0.15) is 0 Å². The van der Waals surface area contributed by atoms with Gasteiger partial charge in [0, 0.05) is 5.41 Å². The van der Waals surface area contributed by atoms with Gasteiger partial charge in [-0.15, -0.1) is 0 Å². The molecule has 5 aliphatic carbocycles. The molecule has 1 aliphatic heterocycles. The van der Waals surface area contributed by atoms with Crippen LogP contribution in [0, 0.1) is 50.2 Å². The maximum atomic E-state index is 13.1. The maximum Gasteiger partial charge on any atom is 0.311 e. The number of aliphatic hydroxyl groups excluding tert-OH is 5. The fraction of sp³-hybridized carbons (Fsp3) is 0.889. The Balaban J connectivity index is 1.35. The average molecular weight is 665 g/mol. The van der Waals surface area contributed by atoms with Crippen LogP contribution in [-0.4, -0.2) is 99.7 Å². The molecule has 266 valence electrons. The van der Waals surface area contributed by atoms with Gasteiger partial charge in [-0.1, -0.05) is 39.3 Å². The molecule has 0 aromatic rings. The molecular formula is C36H56O11. The Bertz CT molecular complexity index is 1300. The molecule has 0 bridgehead atoms. The van der Waals surface area contributed by atoms with E-state index in [0.717, 1.165) is 24.8 Å². The molecule has 6 aliphatic rings. The fourth-order valence-corrected chi connectivity index (χ4v) is 12.3. The van der Waals surface area contributed by atoms with Crippen LogP contribution in [0.3, 0.4) is 0 Å². The molecule has 1 saturated heterocycles. The van der Waals surface area contributed by atoms with Gasteiger partial charge in [0.15, 0.2) is 6.29 Å². The number of aliphatic hydroxyl groups is 5. The molecule has 0 amide bonds. The molecule has 0 radical (unpaired) electrons. The molecule has 0 unspecified atom stereocenters. The summed E-state index contributed by atoms with van der Waals surface area (Å²) in [7, 11) is 1.40. The lowest BCUT2D eigenvalue weighted by Crippen LogP contribution is -2.69. The summed E-state index contributed by atoms with van der Waals surface area (Å²) in [6, 6.07) is 0. The highest BCUT2D eigenvalue weighted by molar-refractivity contribution is 5.80. The van der Waals surface area contributed by atoms with E-state index < -0.39 is 64.4 Å². The summed E-state index contributed by atoms with van der Waals surface area (Å²) in [5.41, 5.74) is -2.39. The highest BCUT2D eigenvalue weighted by Crippen LogP contribution is 2.76. The van der Waals surface area contributed by atoms with E-state index in [1.54, 1.807) is 0 Å². The fourth-order valence-electron chi connectivity index (χ4n) is 12.3. The zero-order valence-corrected chi connectivity index (χ0v) is 28.8. The van der Waals surface area contributed by atoms with Gasteiger partial charge in [-0.3, -0.25) is 9.59 Å². The van der Waals surface area contributed by atoms with Gasteiger partial charge in [0.05, 0.1) is 43.4 Å². The van der Waals surface area contributed by atoms with E-state index >= 15 is 0 Å². The smallest absolute Gasteiger partial charge is 0.311 e. The lowest BCUT2D eigenvalue weighted by molar-refractivity contribution is -0.328. The van der Waals surface area contributed by atoms with Gasteiger partial charge in [-0.25, -0.2) is 0 Å². The third-order valence-corrected chi connectivity index (χ3v) is 15.3. The lowest BCUT2D eigenvalue weighted by atomic mass is 9.33. The van der Waals surface area contributed by atoms with Crippen LogP contribution in [0.15, 0.2) is 11.6 Å². The number of fused-ring (bicyclic) bond motifs is 7. The van der Waals surface area contributed by atoms with E-state index in [2.05, 4.69) is 26.8 Å². The van der Waals surface area contributed by atoms with Crippen molar-refractivity contribution in [2.75, 3.05) is 20.3 Å². The Morgan fingerprint density at radius 2 is 1.60 bits per heavy atom. The summed E-state index contributed by atoms with van der Waals surface area (Å²) in [5, 5.41) is 64.3. The van der Waals surface area contributed by atoms with Crippen molar-refractivity contribution in [3.05, 3.63) is 11.6 Å². The summed E-state index contributed by atoms with van der Waals surface area (Å²) in [5.74, 6) is -1.29. The van der Waals surface area contributed by atoms with E-state index in [-0.39, 0.29) is 47.8 Å². The SMILES string of the molecule is COC(=O)[C@@]1(C)CC[C@]2(C(=O)O)CC[C@]3(C)C(=CC[C@@H]4[C@@]5(C)C[C@H](O)[C@H](O[C@@H]6OC[C@@H](O)[C@H](O)[C@H]6O)[C@@](C)(CO)[C@@H]5CC[C@]43C)[C@@H]2C1. The molecule has 6 N–H and O–H groups in total. The lowest BCUT2D eigenvalue weighted by Gasteiger charge is -2.71. The van der Waals surface area contributed by atoms with Crippen LogP contribution in [0.25, 0.3) is 0 Å². The summed E-state index contributed by atoms with van der Waals surface area (Å²) in [6.45, 7) is 10.2. The van der Waals surface area contributed by atoms with E-state index in [4.69, 9.17) is 14.2 Å². The number of hydrogen-bond donors (Lipinski definition) is 6. The van der Waals surface area contributed by atoms with Gasteiger partial charge in [0.1, 0.15) is 18.3 Å². The minimum absolute atomic E-state index is 0.0553. The maximum absolute atomic E-state index is 13.1. The van der Waals surface area contributed by atoms with Gasteiger partial charge in [0.25, 0.3) is 0 Å².